The number of nitrogens with one attached hydrogen (secondary N) is 1. The molecule has 0 radical (unpaired) electrons. The molecule has 3 rings (SSSR count). The minimum absolute atomic E-state index is 0.0412. The number of halogens is 2. The molecule has 1 aliphatic carbocycles. The molecule has 7 heteroatoms. The summed E-state index contributed by atoms with van der Waals surface area (Å²) in [6.07, 6.45) is 4.90. The van der Waals surface area contributed by atoms with Crippen LogP contribution in [-0.2, 0) is 21.9 Å². The van der Waals surface area contributed by atoms with Crippen molar-refractivity contribution in [3.05, 3.63) is 69.2 Å². The molecule has 1 fully saturated rings. The fourth-order valence-corrected chi connectivity index (χ4v) is 5.35. The summed E-state index contributed by atoms with van der Waals surface area (Å²) in [5.41, 5.74) is 2.02. The topological polar surface area (TPSA) is 49.4 Å². The first-order chi connectivity index (χ1) is 15.5. The van der Waals surface area contributed by atoms with Gasteiger partial charge in [0.15, 0.2) is 0 Å². The SMILES string of the molecule is CC[C@H](C(=O)NC1CCCC1)N(Cc1ccccc1Cl)C(=O)CSCc1ccc(Br)cc1. The van der Waals surface area contributed by atoms with Crippen LogP contribution in [0.2, 0.25) is 5.02 Å². The Bertz CT molecular complexity index is 903. The van der Waals surface area contributed by atoms with Crippen LogP contribution in [0.1, 0.15) is 50.2 Å². The Morgan fingerprint density at radius 2 is 1.84 bits per heavy atom. The molecule has 0 unspecified atom stereocenters. The number of amides is 2. The highest BCUT2D eigenvalue weighted by molar-refractivity contribution is 9.10. The summed E-state index contributed by atoms with van der Waals surface area (Å²) in [5, 5.41) is 3.79. The van der Waals surface area contributed by atoms with Gasteiger partial charge in [0.25, 0.3) is 0 Å². The van der Waals surface area contributed by atoms with Crippen molar-refractivity contribution in [3.8, 4) is 0 Å². The zero-order valence-electron chi connectivity index (χ0n) is 18.4. The molecule has 0 aliphatic heterocycles. The number of carbonyl (C=O) groups is 2. The second-order valence-electron chi connectivity index (χ2n) is 8.15. The van der Waals surface area contributed by atoms with E-state index in [0.717, 1.165) is 47.0 Å². The Balaban J connectivity index is 1.70. The van der Waals surface area contributed by atoms with Gasteiger partial charge in [-0.1, -0.05) is 77.6 Å². The zero-order chi connectivity index (χ0) is 22.9. The number of hydrogen-bond acceptors (Lipinski definition) is 3. The van der Waals surface area contributed by atoms with Gasteiger partial charge >= 0.3 is 0 Å². The van der Waals surface area contributed by atoms with Gasteiger partial charge in [-0.25, -0.2) is 0 Å². The molecule has 1 aliphatic rings. The maximum atomic E-state index is 13.3. The largest absolute Gasteiger partial charge is 0.352 e. The Morgan fingerprint density at radius 3 is 2.50 bits per heavy atom. The Kier molecular flexibility index (Phi) is 9.94. The highest BCUT2D eigenvalue weighted by atomic mass is 79.9. The first-order valence-corrected chi connectivity index (χ1v) is 13.5. The molecule has 1 atom stereocenters. The first kappa shape index (κ1) is 25.1. The highest BCUT2D eigenvalue weighted by Gasteiger charge is 2.30. The number of hydrogen-bond donors (Lipinski definition) is 1. The average Bonchev–Trinajstić information content (AvgIpc) is 3.29. The van der Waals surface area contributed by atoms with E-state index in [4.69, 9.17) is 11.6 Å². The Labute approximate surface area is 208 Å². The van der Waals surface area contributed by atoms with E-state index >= 15 is 0 Å². The van der Waals surface area contributed by atoms with Crippen LogP contribution >= 0.6 is 39.3 Å². The van der Waals surface area contributed by atoms with Crippen molar-refractivity contribution in [1.82, 2.24) is 10.2 Å². The molecule has 2 aromatic carbocycles. The summed E-state index contributed by atoms with van der Waals surface area (Å²) in [4.78, 5) is 28.2. The lowest BCUT2D eigenvalue weighted by Crippen LogP contribution is -2.51. The molecule has 0 spiro atoms. The smallest absolute Gasteiger partial charge is 0.243 e. The van der Waals surface area contributed by atoms with Crippen LogP contribution in [0.3, 0.4) is 0 Å². The molecule has 1 saturated carbocycles. The number of nitrogens with zero attached hydrogens (tertiary/aromatic N) is 1. The third-order valence-corrected chi connectivity index (χ3v) is 7.68. The van der Waals surface area contributed by atoms with Gasteiger partial charge in [-0.3, -0.25) is 9.59 Å². The maximum Gasteiger partial charge on any atom is 0.243 e. The highest BCUT2D eigenvalue weighted by Crippen LogP contribution is 2.23. The Hall–Kier alpha value is -1.50. The predicted molar refractivity (Wildman–Crippen MR) is 137 cm³/mol. The van der Waals surface area contributed by atoms with Gasteiger partial charge in [0.2, 0.25) is 11.8 Å². The minimum Gasteiger partial charge on any atom is -0.352 e. The molecule has 0 aromatic heterocycles. The molecule has 0 heterocycles. The molecular formula is C25H30BrClN2O2S. The predicted octanol–water partition coefficient (Wildman–Crippen LogP) is 6.20. The van der Waals surface area contributed by atoms with E-state index in [-0.39, 0.29) is 17.9 Å². The molecule has 4 nitrogen and oxygen atoms in total. The van der Waals surface area contributed by atoms with E-state index in [9.17, 15) is 9.59 Å². The third-order valence-electron chi connectivity index (χ3n) is 5.79. The van der Waals surface area contributed by atoms with Crippen LogP contribution in [-0.4, -0.2) is 34.6 Å². The number of thioether (sulfide) groups is 1. The summed E-state index contributed by atoms with van der Waals surface area (Å²) in [6, 6.07) is 15.3. The van der Waals surface area contributed by atoms with Gasteiger partial charge in [-0.05, 0) is 48.6 Å². The molecule has 32 heavy (non-hydrogen) atoms. The lowest BCUT2D eigenvalue weighted by molar-refractivity contribution is -0.139. The van der Waals surface area contributed by atoms with Crippen LogP contribution < -0.4 is 5.32 Å². The van der Waals surface area contributed by atoms with Crippen LogP contribution in [0.5, 0.6) is 0 Å². The van der Waals surface area contributed by atoms with Gasteiger partial charge in [-0.2, -0.15) is 0 Å². The maximum absolute atomic E-state index is 13.3. The van der Waals surface area contributed by atoms with Gasteiger partial charge in [0, 0.05) is 27.8 Å². The quantitative estimate of drug-likeness (QED) is 0.392. The molecule has 2 aromatic rings. The fraction of sp³-hybridized carbons (Fsp3) is 0.440. The van der Waals surface area contributed by atoms with E-state index in [0.29, 0.717) is 23.7 Å². The van der Waals surface area contributed by atoms with Gasteiger partial charge in [-0.15, -0.1) is 11.8 Å². The lowest BCUT2D eigenvalue weighted by atomic mass is 10.1. The average molecular weight is 538 g/mol. The normalized spacial score (nSPS) is 14.8. The van der Waals surface area contributed by atoms with E-state index in [1.54, 1.807) is 16.7 Å². The fourth-order valence-electron chi connectivity index (χ4n) is 4.02. The van der Waals surface area contributed by atoms with E-state index in [2.05, 4.69) is 21.2 Å². The lowest BCUT2D eigenvalue weighted by Gasteiger charge is -2.31. The molecule has 2 amide bonds. The summed E-state index contributed by atoms with van der Waals surface area (Å²) in [7, 11) is 0. The van der Waals surface area contributed by atoms with Gasteiger partial charge < -0.3 is 10.2 Å². The van der Waals surface area contributed by atoms with E-state index in [1.165, 1.54) is 0 Å². The van der Waals surface area contributed by atoms with Crippen molar-refractivity contribution in [2.45, 2.75) is 63.4 Å². The van der Waals surface area contributed by atoms with Crippen molar-refractivity contribution >= 4 is 51.1 Å². The molecule has 0 bridgehead atoms. The van der Waals surface area contributed by atoms with Gasteiger partial charge in [0.1, 0.15) is 6.04 Å². The van der Waals surface area contributed by atoms with Crippen LogP contribution in [0.15, 0.2) is 53.0 Å². The third kappa shape index (κ3) is 7.26. The number of carbonyl (C=O) groups excluding carboxylic acids is 2. The van der Waals surface area contributed by atoms with Crippen molar-refractivity contribution < 1.29 is 9.59 Å². The number of benzene rings is 2. The monoisotopic (exact) mass is 536 g/mol. The van der Waals surface area contributed by atoms with Gasteiger partial charge in [0.05, 0.1) is 5.75 Å². The molecule has 1 N–H and O–H groups in total. The van der Waals surface area contributed by atoms with Crippen molar-refractivity contribution in [2.24, 2.45) is 0 Å². The number of rotatable bonds is 10. The van der Waals surface area contributed by atoms with Crippen molar-refractivity contribution in [1.29, 1.82) is 0 Å². The van der Waals surface area contributed by atoms with Crippen molar-refractivity contribution in [3.63, 3.8) is 0 Å². The van der Waals surface area contributed by atoms with Crippen LogP contribution in [0.25, 0.3) is 0 Å². The van der Waals surface area contributed by atoms with Crippen molar-refractivity contribution in [2.75, 3.05) is 5.75 Å². The second kappa shape index (κ2) is 12.7. The summed E-state index contributed by atoms with van der Waals surface area (Å²) >= 11 is 11.4. The summed E-state index contributed by atoms with van der Waals surface area (Å²) in [5.74, 6) is 0.954. The summed E-state index contributed by atoms with van der Waals surface area (Å²) in [6.45, 7) is 2.29. The second-order valence-corrected chi connectivity index (χ2v) is 10.5. The first-order valence-electron chi connectivity index (χ1n) is 11.1. The van der Waals surface area contributed by atoms with Crippen LogP contribution in [0, 0.1) is 0 Å². The summed E-state index contributed by atoms with van der Waals surface area (Å²) < 4.78 is 1.03. The minimum atomic E-state index is -0.507. The molecular weight excluding hydrogens is 508 g/mol. The van der Waals surface area contributed by atoms with E-state index < -0.39 is 6.04 Å². The zero-order valence-corrected chi connectivity index (χ0v) is 21.5. The van der Waals surface area contributed by atoms with E-state index in [1.807, 2.05) is 55.5 Å². The Morgan fingerprint density at radius 1 is 1.16 bits per heavy atom. The molecule has 172 valence electrons. The molecule has 0 saturated heterocycles. The standard InChI is InChI=1S/C25H30BrClN2O2S/c1-2-23(25(31)28-21-8-4-5-9-21)29(15-19-7-3-6-10-22(19)27)24(30)17-32-16-18-11-13-20(26)14-12-18/h3,6-7,10-14,21,23H,2,4-5,8-9,15-17H2,1H3,(H,28,31)/t23-/m1/s1. The van der Waals surface area contributed by atoms with Crippen LogP contribution in [0.4, 0.5) is 0 Å².